The average Bonchev–Trinajstić information content (AvgIpc) is 2.73. The molecule has 6 nitrogen and oxygen atoms in total. The molecule has 29 heavy (non-hydrogen) atoms. The molecule has 1 aliphatic heterocycles. The number of hydrogen-bond donors (Lipinski definition) is 2. The Morgan fingerprint density at radius 2 is 1.45 bits per heavy atom. The molecule has 1 aliphatic rings. The molecule has 0 aliphatic carbocycles. The first-order valence-electron chi connectivity index (χ1n) is 9.58. The lowest BCUT2D eigenvalue weighted by Crippen LogP contribution is -2.50. The topological polar surface area (TPSA) is 51.5 Å². The molecule has 0 aromatic heterocycles. The molecule has 0 radical (unpaired) electrons. The first kappa shape index (κ1) is 21.7. The minimum atomic E-state index is -0.0696. The highest BCUT2D eigenvalue weighted by atomic mass is 32.2. The number of azo groups is 1. The number of nitrogens with zero attached hydrogens (tertiary/aromatic N) is 5. The van der Waals surface area contributed by atoms with Gasteiger partial charge in [0.15, 0.2) is 0 Å². The first-order chi connectivity index (χ1) is 13.9. The van der Waals surface area contributed by atoms with Gasteiger partial charge in [-0.05, 0) is 42.0 Å². The Balaban J connectivity index is 1.53. The van der Waals surface area contributed by atoms with Gasteiger partial charge in [-0.15, -0.1) is 25.3 Å². The second-order valence-corrected chi connectivity index (χ2v) is 8.60. The Kier molecular flexibility index (Phi) is 7.57. The van der Waals surface area contributed by atoms with Crippen molar-refractivity contribution in [3.63, 3.8) is 0 Å². The van der Waals surface area contributed by atoms with E-state index >= 15 is 0 Å². The number of carbonyl (C=O) groups excluding carboxylic acids is 1. The molecule has 0 bridgehead atoms. The molecule has 1 heterocycles. The molecule has 0 atom stereocenters. The minimum absolute atomic E-state index is 0.0696. The lowest BCUT2D eigenvalue weighted by molar-refractivity contribution is -0.132. The van der Waals surface area contributed by atoms with Gasteiger partial charge in [-0.25, -0.2) is 0 Å². The van der Waals surface area contributed by atoms with E-state index in [2.05, 4.69) is 40.4 Å². The van der Waals surface area contributed by atoms with E-state index in [1.165, 1.54) is 0 Å². The number of thiol groups is 2. The first-order valence-corrected chi connectivity index (χ1v) is 10.6. The van der Waals surface area contributed by atoms with E-state index in [-0.39, 0.29) is 10.6 Å². The number of piperazine rings is 1. The van der Waals surface area contributed by atoms with Gasteiger partial charge in [-0.1, -0.05) is 12.1 Å². The number of rotatable bonds is 6. The van der Waals surface area contributed by atoms with Crippen molar-refractivity contribution in [1.82, 2.24) is 9.80 Å². The Labute approximate surface area is 183 Å². The molecule has 1 fully saturated rings. The van der Waals surface area contributed by atoms with Crippen LogP contribution in [0.3, 0.4) is 0 Å². The maximum Gasteiger partial charge on any atom is 0.227 e. The number of hydrogen-bond acceptors (Lipinski definition) is 7. The van der Waals surface area contributed by atoms with E-state index in [4.69, 9.17) is 0 Å². The van der Waals surface area contributed by atoms with Gasteiger partial charge in [0, 0.05) is 46.0 Å². The Morgan fingerprint density at radius 1 is 0.931 bits per heavy atom. The average molecular weight is 430 g/mol. The molecular formula is C21H27N5OS2. The fraction of sp³-hybridized carbons (Fsp3) is 0.381. The maximum atomic E-state index is 12.5. The number of amides is 1. The fourth-order valence-corrected chi connectivity index (χ4v) is 3.56. The third-order valence-corrected chi connectivity index (χ3v) is 5.59. The van der Waals surface area contributed by atoms with E-state index in [0.717, 1.165) is 48.8 Å². The lowest BCUT2D eigenvalue weighted by Gasteiger charge is -2.36. The molecule has 0 saturated carbocycles. The predicted octanol–water partition coefficient (Wildman–Crippen LogP) is 4.00. The summed E-state index contributed by atoms with van der Waals surface area (Å²) in [5.74, 6) is 0.148. The third-order valence-electron chi connectivity index (χ3n) is 4.93. The normalized spacial score (nSPS) is 15.3. The van der Waals surface area contributed by atoms with Gasteiger partial charge in [-0.3, -0.25) is 9.69 Å². The Bertz CT molecular complexity index is 829. The van der Waals surface area contributed by atoms with Crippen LogP contribution in [0, 0.1) is 0 Å². The van der Waals surface area contributed by atoms with Gasteiger partial charge < -0.3 is 9.80 Å². The molecule has 0 N–H and O–H groups in total. The Morgan fingerprint density at radius 3 is 1.93 bits per heavy atom. The highest BCUT2D eigenvalue weighted by molar-refractivity contribution is 7.99. The van der Waals surface area contributed by atoms with Crippen molar-refractivity contribution in [3.8, 4) is 0 Å². The molecular weight excluding hydrogens is 402 g/mol. The fourth-order valence-electron chi connectivity index (χ4n) is 3.10. The summed E-state index contributed by atoms with van der Waals surface area (Å²) in [4.78, 5) is 18.6. The van der Waals surface area contributed by atoms with Crippen LogP contribution in [-0.4, -0.2) is 60.7 Å². The molecule has 2 aromatic rings. The Hall–Kier alpha value is -2.03. The van der Waals surface area contributed by atoms with E-state index in [0.29, 0.717) is 6.42 Å². The van der Waals surface area contributed by atoms with Crippen molar-refractivity contribution >= 4 is 48.2 Å². The summed E-state index contributed by atoms with van der Waals surface area (Å²) in [7, 11) is 4.00. The van der Waals surface area contributed by atoms with Gasteiger partial charge in [0.05, 0.1) is 22.5 Å². The molecule has 0 spiro atoms. The number of carbonyl (C=O) groups is 1. The van der Waals surface area contributed by atoms with Crippen molar-refractivity contribution in [3.05, 3.63) is 54.1 Å². The van der Waals surface area contributed by atoms with Gasteiger partial charge in [0.1, 0.15) is 0 Å². The van der Waals surface area contributed by atoms with Gasteiger partial charge in [-0.2, -0.15) is 10.2 Å². The summed E-state index contributed by atoms with van der Waals surface area (Å²) in [6.45, 7) is 3.04. The molecule has 8 heteroatoms. The summed E-state index contributed by atoms with van der Waals surface area (Å²) in [6.07, 6.45) is 0.397. The zero-order valence-electron chi connectivity index (χ0n) is 16.8. The highest BCUT2D eigenvalue weighted by Gasteiger charge is 2.22. The van der Waals surface area contributed by atoms with Crippen LogP contribution in [0.25, 0.3) is 0 Å². The summed E-state index contributed by atoms with van der Waals surface area (Å²) >= 11 is 8.67. The van der Waals surface area contributed by atoms with Crippen LogP contribution in [0.1, 0.15) is 5.56 Å². The molecule has 0 unspecified atom stereocenters. The third kappa shape index (κ3) is 6.22. The second kappa shape index (κ2) is 10.1. The van der Waals surface area contributed by atoms with Crippen LogP contribution in [0.5, 0.6) is 0 Å². The minimum Gasteiger partial charge on any atom is -0.378 e. The maximum absolute atomic E-state index is 12.5. The van der Waals surface area contributed by atoms with Crippen molar-refractivity contribution in [2.75, 3.05) is 45.2 Å². The van der Waals surface area contributed by atoms with Crippen molar-refractivity contribution < 1.29 is 4.79 Å². The second-order valence-electron chi connectivity index (χ2n) is 7.22. The predicted molar refractivity (Wildman–Crippen MR) is 125 cm³/mol. The van der Waals surface area contributed by atoms with E-state index in [9.17, 15) is 4.79 Å². The van der Waals surface area contributed by atoms with Crippen LogP contribution >= 0.6 is 25.3 Å². The lowest BCUT2D eigenvalue weighted by atomic mass is 10.1. The molecule has 1 saturated heterocycles. The molecule has 154 valence electrons. The van der Waals surface area contributed by atoms with Crippen molar-refractivity contribution in [1.29, 1.82) is 0 Å². The number of anilines is 1. The molecule has 2 aromatic carbocycles. The van der Waals surface area contributed by atoms with Crippen LogP contribution in [-0.2, 0) is 11.2 Å². The summed E-state index contributed by atoms with van der Waals surface area (Å²) < 4.78 is -0.0696. The van der Waals surface area contributed by atoms with Gasteiger partial charge in [0.2, 0.25) is 5.91 Å². The van der Waals surface area contributed by atoms with Crippen molar-refractivity contribution in [2.45, 2.75) is 11.1 Å². The SMILES string of the molecule is CN(C)c1ccc(N=Nc2ccc(CC(=O)N3CCN(C(S)S)CC3)cc2)cc1. The zero-order chi connectivity index (χ0) is 20.8. The monoisotopic (exact) mass is 429 g/mol. The van der Waals surface area contributed by atoms with Gasteiger partial charge >= 0.3 is 0 Å². The van der Waals surface area contributed by atoms with E-state index in [1.807, 2.05) is 72.4 Å². The van der Waals surface area contributed by atoms with Crippen LogP contribution in [0.4, 0.5) is 17.1 Å². The quantitative estimate of drug-likeness (QED) is 0.415. The number of benzene rings is 2. The van der Waals surface area contributed by atoms with Crippen LogP contribution in [0.2, 0.25) is 0 Å². The summed E-state index contributed by atoms with van der Waals surface area (Å²) in [5.41, 5.74) is 3.67. The summed E-state index contributed by atoms with van der Waals surface area (Å²) in [5, 5.41) is 8.56. The smallest absolute Gasteiger partial charge is 0.227 e. The van der Waals surface area contributed by atoms with Crippen LogP contribution < -0.4 is 4.90 Å². The van der Waals surface area contributed by atoms with Gasteiger partial charge in [0.25, 0.3) is 0 Å². The van der Waals surface area contributed by atoms with Crippen LogP contribution in [0.15, 0.2) is 58.8 Å². The van der Waals surface area contributed by atoms with Crippen molar-refractivity contribution in [2.24, 2.45) is 10.2 Å². The van der Waals surface area contributed by atoms with E-state index < -0.39 is 0 Å². The standard InChI is InChI=1S/C21H27N5OS2/c1-24(2)19-9-7-18(8-10-19)23-22-17-5-3-16(4-6-17)15-20(27)25-11-13-26(14-12-25)21(28)29/h3-10,21,28-29H,11-15H2,1-2H3. The highest BCUT2D eigenvalue weighted by Crippen LogP contribution is 2.22. The zero-order valence-corrected chi connectivity index (χ0v) is 18.6. The molecule has 3 rings (SSSR count). The summed E-state index contributed by atoms with van der Waals surface area (Å²) in [6, 6.07) is 15.6. The van der Waals surface area contributed by atoms with E-state index in [1.54, 1.807) is 0 Å². The largest absolute Gasteiger partial charge is 0.378 e. The molecule has 1 amide bonds.